The van der Waals surface area contributed by atoms with Crippen LogP contribution in [0.2, 0.25) is 5.02 Å². The second-order valence-electron chi connectivity index (χ2n) is 4.26. The number of hydrogen-bond donors (Lipinski definition) is 1. The van der Waals surface area contributed by atoms with Gasteiger partial charge in [0, 0.05) is 18.0 Å². The van der Waals surface area contributed by atoms with Crippen molar-refractivity contribution in [3.63, 3.8) is 0 Å². The lowest BCUT2D eigenvalue weighted by Crippen LogP contribution is -2.23. The number of thiocarbonyl (C=S) groups is 1. The molecule has 0 radical (unpaired) electrons. The Labute approximate surface area is 122 Å². The van der Waals surface area contributed by atoms with Crippen LogP contribution in [0.25, 0.3) is 10.9 Å². The number of aromatic nitrogens is 1. The molecule has 0 saturated heterocycles. The molecule has 5 heteroatoms. The standard InChI is InChI=1S/C14H15ClN2OS/c1-2-9(8-13(16)19)18-12-6-5-11(15)10-4-3-7-17-14(10)12/h3-7,9H,2,8H2,1H3,(H2,16,19). The summed E-state index contributed by atoms with van der Waals surface area (Å²) in [4.78, 5) is 4.79. The highest BCUT2D eigenvalue weighted by atomic mass is 35.5. The quantitative estimate of drug-likeness (QED) is 0.854. The molecule has 100 valence electrons. The van der Waals surface area contributed by atoms with Crippen molar-refractivity contribution in [3.8, 4) is 5.75 Å². The molecule has 1 aromatic carbocycles. The van der Waals surface area contributed by atoms with Crippen LogP contribution in [0.5, 0.6) is 5.75 Å². The van der Waals surface area contributed by atoms with Crippen LogP contribution in [-0.4, -0.2) is 16.1 Å². The summed E-state index contributed by atoms with van der Waals surface area (Å²) in [6, 6.07) is 7.42. The highest BCUT2D eigenvalue weighted by Crippen LogP contribution is 2.30. The van der Waals surface area contributed by atoms with E-state index < -0.39 is 0 Å². The lowest BCUT2D eigenvalue weighted by Gasteiger charge is -2.18. The van der Waals surface area contributed by atoms with Crippen LogP contribution in [-0.2, 0) is 0 Å². The maximum absolute atomic E-state index is 6.15. The zero-order chi connectivity index (χ0) is 13.8. The summed E-state index contributed by atoms with van der Waals surface area (Å²) < 4.78 is 5.95. The summed E-state index contributed by atoms with van der Waals surface area (Å²) in [5, 5.41) is 1.55. The van der Waals surface area contributed by atoms with Crippen LogP contribution in [0.4, 0.5) is 0 Å². The molecule has 2 aromatic rings. The van der Waals surface area contributed by atoms with Crippen molar-refractivity contribution in [2.24, 2.45) is 5.73 Å². The normalized spacial score (nSPS) is 12.3. The maximum Gasteiger partial charge on any atom is 0.146 e. The molecule has 0 amide bonds. The van der Waals surface area contributed by atoms with E-state index in [1.54, 1.807) is 6.20 Å². The van der Waals surface area contributed by atoms with Gasteiger partial charge in [-0.05, 0) is 30.7 Å². The smallest absolute Gasteiger partial charge is 0.146 e. The third-order valence-corrected chi connectivity index (χ3v) is 3.35. The van der Waals surface area contributed by atoms with E-state index in [1.807, 2.05) is 31.2 Å². The zero-order valence-corrected chi connectivity index (χ0v) is 12.2. The molecule has 0 bridgehead atoms. The van der Waals surface area contributed by atoms with Gasteiger partial charge in [-0.15, -0.1) is 0 Å². The summed E-state index contributed by atoms with van der Waals surface area (Å²) in [6.45, 7) is 2.04. The molecule has 1 aromatic heterocycles. The van der Waals surface area contributed by atoms with Gasteiger partial charge in [-0.1, -0.05) is 30.7 Å². The molecule has 2 N–H and O–H groups in total. The maximum atomic E-state index is 6.15. The monoisotopic (exact) mass is 294 g/mol. The first-order chi connectivity index (χ1) is 9.11. The number of nitrogens with two attached hydrogens (primary N) is 1. The molecule has 1 atom stereocenters. The Morgan fingerprint density at radius 3 is 2.95 bits per heavy atom. The minimum Gasteiger partial charge on any atom is -0.488 e. The first-order valence-electron chi connectivity index (χ1n) is 6.10. The van der Waals surface area contributed by atoms with Crippen LogP contribution in [0.1, 0.15) is 19.8 Å². The summed E-state index contributed by atoms with van der Waals surface area (Å²) >= 11 is 11.1. The molecule has 0 aliphatic heterocycles. The van der Waals surface area contributed by atoms with E-state index in [0.29, 0.717) is 22.2 Å². The summed E-state index contributed by atoms with van der Waals surface area (Å²) in [6.07, 6.45) is 3.07. The van der Waals surface area contributed by atoms with Gasteiger partial charge < -0.3 is 10.5 Å². The van der Waals surface area contributed by atoms with E-state index in [2.05, 4.69) is 4.98 Å². The van der Waals surface area contributed by atoms with Crippen LogP contribution in [0.15, 0.2) is 30.5 Å². The van der Waals surface area contributed by atoms with Crippen LogP contribution in [0.3, 0.4) is 0 Å². The number of rotatable bonds is 5. The highest BCUT2D eigenvalue weighted by molar-refractivity contribution is 7.80. The molecule has 19 heavy (non-hydrogen) atoms. The van der Waals surface area contributed by atoms with Gasteiger partial charge in [0.2, 0.25) is 0 Å². The average Bonchev–Trinajstić information content (AvgIpc) is 2.41. The Kier molecular flexibility index (Phi) is 4.56. The van der Waals surface area contributed by atoms with Crippen molar-refractivity contribution in [3.05, 3.63) is 35.5 Å². The number of nitrogens with zero attached hydrogens (tertiary/aromatic N) is 1. The van der Waals surface area contributed by atoms with E-state index in [9.17, 15) is 0 Å². The van der Waals surface area contributed by atoms with E-state index in [4.69, 9.17) is 34.3 Å². The number of halogens is 1. The number of pyridine rings is 1. The molecule has 1 unspecified atom stereocenters. The van der Waals surface area contributed by atoms with Crippen LogP contribution in [0, 0.1) is 0 Å². The van der Waals surface area contributed by atoms with E-state index >= 15 is 0 Å². The summed E-state index contributed by atoms with van der Waals surface area (Å²) in [5.41, 5.74) is 6.33. The predicted octanol–water partition coefficient (Wildman–Crippen LogP) is 3.72. The van der Waals surface area contributed by atoms with E-state index in [-0.39, 0.29) is 6.10 Å². The molecule has 2 rings (SSSR count). The van der Waals surface area contributed by atoms with Gasteiger partial charge in [-0.2, -0.15) is 0 Å². The zero-order valence-electron chi connectivity index (χ0n) is 10.6. The van der Waals surface area contributed by atoms with Crippen molar-refractivity contribution in [1.29, 1.82) is 0 Å². The Hall–Kier alpha value is -1.39. The van der Waals surface area contributed by atoms with Crippen LogP contribution < -0.4 is 10.5 Å². The molecule has 0 aliphatic carbocycles. The van der Waals surface area contributed by atoms with Crippen LogP contribution >= 0.6 is 23.8 Å². The van der Waals surface area contributed by atoms with Crippen molar-refractivity contribution >= 4 is 39.7 Å². The fourth-order valence-corrected chi connectivity index (χ4v) is 2.28. The molecule has 0 fully saturated rings. The SMILES string of the molecule is CCC(CC(N)=S)Oc1ccc(Cl)c2cccnc12. The van der Waals surface area contributed by atoms with Gasteiger partial charge in [0.25, 0.3) is 0 Å². The summed E-state index contributed by atoms with van der Waals surface area (Å²) in [7, 11) is 0. The van der Waals surface area contributed by atoms with E-state index in [0.717, 1.165) is 17.3 Å². The van der Waals surface area contributed by atoms with E-state index in [1.165, 1.54) is 0 Å². The molecular weight excluding hydrogens is 280 g/mol. The highest BCUT2D eigenvalue weighted by Gasteiger charge is 2.13. The Morgan fingerprint density at radius 1 is 1.47 bits per heavy atom. The molecule has 0 aliphatic rings. The lowest BCUT2D eigenvalue weighted by atomic mass is 10.1. The minimum atomic E-state index is -0.0381. The first kappa shape index (κ1) is 14.0. The second kappa shape index (κ2) is 6.17. The molecule has 1 heterocycles. The fraction of sp³-hybridized carbons (Fsp3) is 0.286. The Balaban J connectivity index is 2.35. The number of ether oxygens (including phenoxy) is 1. The van der Waals surface area contributed by atoms with Crippen molar-refractivity contribution in [2.45, 2.75) is 25.9 Å². The first-order valence-corrected chi connectivity index (χ1v) is 6.88. The van der Waals surface area contributed by atoms with Crippen molar-refractivity contribution < 1.29 is 4.74 Å². The van der Waals surface area contributed by atoms with Crippen molar-refractivity contribution in [1.82, 2.24) is 4.98 Å². The van der Waals surface area contributed by atoms with Crippen molar-refractivity contribution in [2.75, 3.05) is 0 Å². The summed E-state index contributed by atoms with van der Waals surface area (Å²) in [5.74, 6) is 0.711. The van der Waals surface area contributed by atoms with Gasteiger partial charge in [-0.25, -0.2) is 0 Å². The van der Waals surface area contributed by atoms with Gasteiger partial charge in [0.1, 0.15) is 17.4 Å². The minimum absolute atomic E-state index is 0.0381. The fourth-order valence-electron chi connectivity index (χ4n) is 1.88. The topological polar surface area (TPSA) is 48.1 Å². The molecule has 0 saturated carbocycles. The number of fused-ring (bicyclic) bond motifs is 1. The third kappa shape index (κ3) is 3.33. The predicted molar refractivity (Wildman–Crippen MR) is 82.9 cm³/mol. The average molecular weight is 295 g/mol. The van der Waals surface area contributed by atoms with Gasteiger partial charge >= 0.3 is 0 Å². The van der Waals surface area contributed by atoms with Gasteiger partial charge in [-0.3, -0.25) is 4.98 Å². The van der Waals surface area contributed by atoms with Gasteiger partial charge in [0.15, 0.2) is 0 Å². The lowest BCUT2D eigenvalue weighted by molar-refractivity contribution is 0.207. The number of hydrogen-bond acceptors (Lipinski definition) is 3. The third-order valence-electron chi connectivity index (χ3n) is 2.86. The largest absolute Gasteiger partial charge is 0.488 e. The Bertz CT molecular complexity index is 603. The number of benzene rings is 1. The second-order valence-corrected chi connectivity index (χ2v) is 5.20. The molecule has 3 nitrogen and oxygen atoms in total. The molecular formula is C14H15ClN2OS. The molecule has 0 spiro atoms. The van der Waals surface area contributed by atoms with Gasteiger partial charge in [0.05, 0.1) is 10.0 Å². The Morgan fingerprint density at radius 2 is 2.26 bits per heavy atom.